The summed E-state index contributed by atoms with van der Waals surface area (Å²) in [5.74, 6) is 2.23. The lowest BCUT2D eigenvalue weighted by atomic mass is 9.78. The van der Waals surface area contributed by atoms with Crippen LogP contribution in [0.25, 0.3) is 0 Å². The quantitative estimate of drug-likeness (QED) is 0.302. The Morgan fingerprint density at radius 3 is 2.53 bits per heavy atom. The molecular formula is C23H42IN7O. The van der Waals surface area contributed by atoms with Gasteiger partial charge < -0.3 is 20.3 Å². The van der Waals surface area contributed by atoms with Crippen molar-refractivity contribution in [2.24, 2.45) is 16.3 Å². The summed E-state index contributed by atoms with van der Waals surface area (Å²) in [6.07, 6.45) is 6.22. The summed E-state index contributed by atoms with van der Waals surface area (Å²) in [5, 5.41) is 6.92. The minimum absolute atomic E-state index is 0. The number of hydrogen-bond donors (Lipinski definition) is 2. The van der Waals surface area contributed by atoms with Crippen molar-refractivity contribution in [3.63, 3.8) is 0 Å². The lowest BCUT2D eigenvalue weighted by Gasteiger charge is -2.39. The second-order valence-corrected chi connectivity index (χ2v) is 9.58. The molecule has 0 radical (unpaired) electrons. The molecule has 2 aliphatic heterocycles. The van der Waals surface area contributed by atoms with Gasteiger partial charge in [0.25, 0.3) is 0 Å². The van der Waals surface area contributed by atoms with Crippen molar-refractivity contribution in [3.8, 4) is 0 Å². The minimum Gasteiger partial charge on any atom is -0.377 e. The van der Waals surface area contributed by atoms with Crippen molar-refractivity contribution in [1.82, 2.24) is 25.5 Å². The van der Waals surface area contributed by atoms with Crippen molar-refractivity contribution >= 4 is 35.9 Å². The standard InChI is InChI=1S/C23H41N7O.HI/c1-5-24-21(28-18-19-8-6-17-31-20(19)23(2,3)4)25-11-12-29-13-15-30(16-14-29)22-26-9-7-10-27-22;/h7,9-10,19-20H,5-6,8,11-18H2,1-4H3,(H2,24,25,28);1H. The number of nitrogens with zero attached hydrogens (tertiary/aromatic N) is 5. The zero-order chi connectivity index (χ0) is 22.1. The van der Waals surface area contributed by atoms with Crippen LogP contribution in [-0.4, -0.2) is 85.9 Å². The number of rotatable bonds is 7. The number of ether oxygens (including phenoxy) is 1. The van der Waals surface area contributed by atoms with E-state index < -0.39 is 0 Å². The lowest BCUT2D eigenvalue weighted by molar-refractivity contribution is -0.0823. The Balaban J connectivity index is 0.00000363. The first-order valence-corrected chi connectivity index (χ1v) is 11.9. The molecule has 182 valence electrons. The molecule has 2 aliphatic rings. The van der Waals surface area contributed by atoms with Gasteiger partial charge in [0, 0.05) is 77.3 Å². The summed E-state index contributed by atoms with van der Waals surface area (Å²) in [5.41, 5.74) is 0.152. The van der Waals surface area contributed by atoms with Crippen LogP contribution in [0.1, 0.15) is 40.5 Å². The van der Waals surface area contributed by atoms with E-state index in [1.165, 1.54) is 6.42 Å². The average Bonchev–Trinajstić information content (AvgIpc) is 2.78. The number of piperazine rings is 1. The maximum absolute atomic E-state index is 6.12. The van der Waals surface area contributed by atoms with Crippen molar-refractivity contribution in [2.75, 3.05) is 63.9 Å². The van der Waals surface area contributed by atoms with Gasteiger partial charge in [-0.15, -0.1) is 24.0 Å². The fraction of sp³-hybridized carbons (Fsp3) is 0.783. The van der Waals surface area contributed by atoms with Gasteiger partial charge in [-0.3, -0.25) is 9.89 Å². The molecule has 1 aromatic rings. The van der Waals surface area contributed by atoms with E-state index in [-0.39, 0.29) is 35.5 Å². The zero-order valence-electron chi connectivity index (χ0n) is 20.2. The highest BCUT2D eigenvalue weighted by Gasteiger charge is 2.35. The van der Waals surface area contributed by atoms with Gasteiger partial charge in [-0.2, -0.15) is 0 Å². The third-order valence-corrected chi connectivity index (χ3v) is 6.05. The third kappa shape index (κ3) is 8.30. The van der Waals surface area contributed by atoms with Crippen LogP contribution in [0, 0.1) is 11.3 Å². The summed E-state index contributed by atoms with van der Waals surface area (Å²) >= 11 is 0. The smallest absolute Gasteiger partial charge is 0.225 e. The predicted molar refractivity (Wildman–Crippen MR) is 142 cm³/mol. The molecular weight excluding hydrogens is 517 g/mol. The van der Waals surface area contributed by atoms with Gasteiger partial charge in [-0.25, -0.2) is 9.97 Å². The van der Waals surface area contributed by atoms with Gasteiger partial charge in [-0.1, -0.05) is 20.8 Å². The van der Waals surface area contributed by atoms with Crippen LogP contribution in [0.3, 0.4) is 0 Å². The van der Waals surface area contributed by atoms with Crippen LogP contribution in [0.15, 0.2) is 23.5 Å². The summed E-state index contributed by atoms with van der Waals surface area (Å²) < 4.78 is 6.12. The van der Waals surface area contributed by atoms with E-state index in [0.29, 0.717) is 5.92 Å². The summed E-state index contributed by atoms with van der Waals surface area (Å²) in [4.78, 5) is 18.4. The van der Waals surface area contributed by atoms with E-state index in [9.17, 15) is 0 Å². The zero-order valence-corrected chi connectivity index (χ0v) is 22.5. The van der Waals surface area contributed by atoms with E-state index >= 15 is 0 Å². The van der Waals surface area contributed by atoms with E-state index in [1.54, 1.807) is 0 Å². The highest BCUT2D eigenvalue weighted by Crippen LogP contribution is 2.34. The van der Waals surface area contributed by atoms with Gasteiger partial charge in [0.2, 0.25) is 5.95 Å². The van der Waals surface area contributed by atoms with E-state index in [2.05, 4.69) is 58.1 Å². The normalized spacial score (nSPS) is 22.9. The Hall–Kier alpha value is -1.20. The molecule has 2 unspecified atom stereocenters. The molecule has 3 heterocycles. The molecule has 0 amide bonds. The van der Waals surface area contributed by atoms with Crippen LogP contribution < -0.4 is 15.5 Å². The van der Waals surface area contributed by atoms with Crippen molar-refractivity contribution in [1.29, 1.82) is 0 Å². The Bertz CT molecular complexity index is 675. The van der Waals surface area contributed by atoms with Crippen molar-refractivity contribution in [3.05, 3.63) is 18.5 Å². The molecule has 0 spiro atoms. The Morgan fingerprint density at radius 1 is 1.16 bits per heavy atom. The van der Waals surface area contributed by atoms with Crippen LogP contribution >= 0.6 is 24.0 Å². The molecule has 0 aliphatic carbocycles. The number of hydrogen-bond acceptors (Lipinski definition) is 6. The highest BCUT2D eigenvalue weighted by atomic mass is 127. The van der Waals surface area contributed by atoms with Crippen LogP contribution in [-0.2, 0) is 4.74 Å². The predicted octanol–water partition coefficient (Wildman–Crippen LogP) is 2.61. The number of nitrogens with one attached hydrogen (secondary N) is 2. The summed E-state index contributed by atoms with van der Waals surface area (Å²) in [7, 11) is 0. The number of aromatic nitrogens is 2. The molecule has 2 saturated heterocycles. The first-order chi connectivity index (χ1) is 15.0. The van der Waals surface area contributed by atoms with Gasteiger partial charge in [0.15, 0.2) is 5.96 Å². The van der Waals surface area contributed by atoms with E-state index in [1.807, 2.05) is 18.5 Å². The van der Waals surface area contributed by atoms with Gasteiger partial charge in [0.1, 0.15) is 0 Å². The Kier molecular flexibility index (Phi) is 11.4. The Labute approximate surface area is 211 Å². The monoisotopic (exact) mass is 559 g/mol. The van der Waals surface area contributed by atoms with Crippen LogP contribution in [0.2, 0.25) is 0 Å². The highest BCUT2D eigenvalue weighted by molar-refractivity contribution is 14.0. The first-order valence-electron chi connectivity index (χ1n) is 11.9. The first kappa shape index (κ1) is 27.0. The maximum atomic E-state index is 6.12. The Morgan fingerprint density at radius 2 is 1.88 bits per heavy atom. The van der Waals surface area contributed by atoms with Crippen molar-refractivity contribution < 1.29 is 4.74 Å². The minimum atomic E-state index is 0. The molecule has 2 fully saturated rings. The molecule has 8 nitrogen and oxygen atoms in total. The molecule has 0 saturated carbocycles. The molecule has 0 bridgehead atoms. The second kappa shape index (κ2) is 13.5. The number of anilines is 1. The van der Waals surface area contributed by atoms with Crippen LogP contribution in [0.5, 0.6) is 0 Å². The number of halogens is 1. The van der Waals surface area contributed by atoms with E-state index in [4.69, 9.17) is 9.73 Å². The molecule has 2 atom stereocenters. The molecule has 9 heteroatoms. The molecule has 2 N–H and O–H groups in total. The molecule has 1 aromatic heterocycles. The topological polar surface area (TPSA) is 77.9 Å². The third-order valence-electron chi connectivity index (χ3n) is 6.05. The van der Waals surface area contributed by atoms with Gasteiger partial charge in [-0.05, 0) is 31.2 Å². The van der Waals surface area contributed by atoms with Crippen molar-refractivity contribution in [2.45, 2.75) is 46.6 Å². The fourth-order valence-electron chi connectivity index (χ4n) is 4.50. The number of guanidine groups is 1. The summed E-state index contributed by atoms with van der Waals surface area (Å²) in [6, 6.07) is 1.86. The average molecular weight is 560 g/mol. The lowest BCUT2D eigenvalue weighted by Crippen LogP contribution is -2.49. The maximum Gasteiger partial charge on any atom is 0.225 e. The molecule has 0 aromatic carbocycles. The van der Waals surface area contributed by atoms with E-state index in [0.717, 1.165) is 77.3 Å². The fourth-order valence-corrected chi connectivity index (χ4v) is 4.50. The van der Waals surface area contributed by atoms with Gasteiger partial charge in [0.05, 0.1) is 6.10 Å². The second-order valence-electron chi connectivity index (χ2n) is 9.58. The summed E-state index contributed by atoms with van der Waals surface area (Å²) in [6.45, 7) is 17.4. The number of aliphatic imine (C=N–C) groups is 1. The SMILES string of the molecule is CCNC(=NCC1CCCOC1C(C)(C)C)NCCN1CCN(c2ncccn2)CC1.I. The van der Waals surface area contributed by atoms with Crippen LogP contribution in [0.4, 0.5) is 5.95 Å². The molecule has 32 heavy (non-hydrogen) atoms. The molecule has 3 rings (SSSR count). The van der Waals surface area contributed by atoms with Gasteiger partial charge >= 0.3 is 0 Å². The largest absolute Gasteiger partial charge is 0.377 e.